The van der Waals surface area contributed by atoms with Crippen molar-refractivity contribution < 1.29 is 40.4 Å². The molecule has 0 radical (unpaired) electrons. The van der Waals surface area contributed by atoms with E-state index < -0.39 is 63.3 Å². The Kier molecular flexibility index (Phi) is 6.86. The number of nitrogens with zero attached hydrogens (tertiary/aromatic N) is 2. The van der Waals surface area contributed by atoms with Gasteiger partial charge in [0, 0.05) is 30.7 Å². The fourth-order valence-corrected chi connectivity index (χ4v) is 6.40. The molecule has 2 N–H and O–H groups in total. The van der Waals surface area contributed by atoms with Crippen molar-refractivity contribution in [2.75, 3.05) is 24.4 Å². The van der Waals surface area contributed by atoms with E-state index in [1.54, 1.807) is 0 Å². The van der Waals surface area contributed by atoms with E-state index >= 15 is 0 Å². The molecule has 1 saturated carbocycles. The summed E-state index contributed by atoms with van der Waals surface area (Å²) in [7, 11) is -1.31. The van der Waals surface area contributed by atoms with E-state index in [1.807, 2.05) is 0 Å². The monoisotopic (exact) mass is 548 g/mol. The van der Waals surface area contributed by atoms with Gasteiger partial charge in [0.25, 0.3) is 0 Å². The number of methoxy groups -OCH3 is 2. The highest BCUT2D eigenvalue weighted by Crippen LogP contribution is 2.50. The number of halogens is 5. The first-order valence-corrected chi connectivity index (χ1v) is 12.9. The number of pyridine rings is 1. The summed E-state index contributed by atoms with van der Waals surface area (Å²) in [5.41, 5.74) is -3.02. The van der Waals surface area contributed by atoms with Gasteiger partial charge in [0.2, 0.25) is 11.7 Å². The molecule has 8 nitrogen and oxygen atoms in total. The van der Waals surface area contributed by atoms with Crippen molar-refractivity contribution in [2.24, 2.45) is 0 Å². The van der Waals surface area contributed by atoms with E-state index in [0.717, 1.165) is 31.3 Å². The maximum atomic E-state index is 14.5. The summed E-state index contributed by atoms with van der Waals surface area (Å²) in [5.74, 6) is -4.27. The predicted molar refractivity (Wildman–Crippen MR) is 124 cm³/mol. The Morgan fingerprint density at radius 1 is 1.24 bits per heavy atom. The summed E-state index contributed by atoms with van der Waals surface area (Å²) < 4.78 is 102. The molecule has 2 fully saturated rings. The van der Waals surface area contributed by atoms with Crippen LogP contribution in [0, 0.1) is 16.4 Å². The number of ether oxygens (including phenoxy) is 2. The molecule has 37 heavy (non-hydrogen) atoms. The van der Waals surface area contributed by atoms with E-state index in [9.17, 15) is 31.0 Å². The highest BCUT2D eigenvalue weighted by molar-refractivity contribution is 7.93. The Hall–Kier alpha value is -3.00. The van der Waals surface area contributed by atoms with Crippen LogP contribution in [0.4, 0.5) is 33.3 Å². The van der Waals surface area contributed by atoms with Crippen molar-refractivity contribution in [2.45, 2.75) is 60.3 Å². The van der Waals surface area contributed by atoms with E-state index in [1.165, 1.54) is 25.3 Å². The zero-order chi connectivity index (χ0) is 27.3. The van der Waals surface area contributed by atoms with E-state index in [-0.39, 0.29) is 21.7 Å². The summed E-state index contributed by atoms with van der Waals surface area (Å²) in [4.78, 5) is 18.4. The lowest BCUT2D eigenvalue weighted by molar-refractivity contribution is -0.270. The molecule has 0 unspecified atom stereocenters. The standard InChI is InChI=1S/C23H25F5N4O4S/c1-12-22(36-3,23(26,27)28)11-17(32(12)16-7-6-15(24)19(25)20(16)35-2)21(33)31-13-8-9-30-18(10-13)37(29,34)14-4-5-14/h6-10,12,14,17,29H,4-5,11H2,1-3H3,(H,30,31,33)/t12-,17-,22-,37-/m1/s1. The van der Waals surface area contributed by atoms with Gasteiger partial charge < -0.3 is 19.7 Å². The Morgan fingerprint density at radius 3 is 2.49 bits per heavy atom. The highest BCUT2D eigenvalue weighted by atomic mass is 32.2. The molecule has 2 heterocycles. The molecule has 1 aliphatic carbocycles. The molecule has 4 atom stereocenters. The quantitative estimate of drug-likeness (QED) is 0.494. The molecular weight excluding hydrogens is 523 g/mol. The zero-order valence-electron chi connectivity index (χ0n) is 20.1. The number of carbonyl (C=O) groups excluding carboxylic acids is 1. The second kappa shape index (κ2) is 9.39. The van der Waals surface area contributed by atoms with Crippen LogP contribution in [0.15, 0.2) is 35.5 Å². The third-order valence-electron chi connectivity index (χ3n) is 6.89. The third-order valence-corrected chi connectivity index (χ3v) is 9.14. The van der Waals surface area contributed by atoms with Crippen molar-refractivity contribution in [1.29, 1.82) is 4.78 Å². The molecule has 1 amide bonds. The van der Waals surface area contributed by atoms with Crippen LogP contribution in [0.25, 0.3) is 0 Å². The normalized spacial score (nSPS) is 25.6. The van der Waals surface area contributed by atoms with Crippen LogP contribution < -0.4 is 15.0 Å². The molecule has 1 aliphatic heterocycles. The number of nitrogens with one attached hydrogen (secondary N) is 2. The summed E-state index contributed by atoms with van der Waals surface area (Å²) >= 11 is 0. The average molecular weight is 549 g/mol. The summed E-state index contributed by atoms with van der Waals surface area (Å²) in [6.07, 6.45) is -3.32. The smallest absolute Gasteiger partial charge is 0.419 e. The molecule has 2 aromatic rings. The van der Waals surface area contributed by atoms with Crippen molar-refractivity contribution in [3.05, 3.63) is 42.1 Å². The minimum Gasteiger partial charge on any atom is -0.491 e. The SMILES string of the molecule is COc1c(N2[C@@H](C(=O)Nc3ccnc([S@](=N)(=O)C4CC4)c3)C[C@](OC)(C(F)(F)F)[C@H]2C)ccc(F)c1F. The van der Waals surface area contributed by atoms with E-state index in [0.29, 0.717) is 12.8 Å². The number of hydrogen-bond acceptors (Lipinski definition) is 7. The van der Waals surface area contributed by atoms with Crippen LogP contribution in [-0.4, -0.2) is 58.4 Å². The van der Waals surface area contributed by atoms with Crippen molar-refractivity contribution in [1.82, 2.24) is 4.98 Å². The third kappa shape index (κ3) is 4.49. The Morgan fingerprint density at radius 2 is 1.92 bits per heavy atom. The van der Waals surface area contributed by atoms with Crippen molar-refractivity contribution in [3.63, 3.8) is 0 Å². The van der Waals surface area contributed by atoms with Gasteiger partial charge in [0.05, 0.1) is 28.6 Å². The molecule has 4 rings (SSSR count). The number of anilines is 2. The number of amides is 1. The fraction of sp³-hybridized carbons (Fsp3) is 0.478. The van der Waals surface area contributed by atoms with E-state index in [4.69, 9.17) is 14.3 Å². The van der Waals surface area contributed by atoms with Gasteiger partial charge in [-0.05, 0) is 44.0 Å². The molecule has 0 bridgehead atoms. The van der Waals surface area contributed by atoms with Gasteiger partial charge in [0.1, 0.15) is 11.1 Å². The summed E-state index contributed by atoms with van der Waals surface area (Å²) in [6.45, 7) is 1.17. The molecule has 1 aromatic carbocycles. The van der Waals surface area contributed by atoms with Gasteiger partial charge in [-0.1, -0.05) is 0 Å². The summed E-state index contributed by atoms with van der Waals surface area (Å²) in [6, 6.07) is 1.24. The molecular formula is C23H25F5N4O4S. The van der Waals surface area contributed by atoms with Crippen molar-refractivity contribution >= 4 is 27.0 Å². The average Bonchev–Trinajstić information content (AvgIpc) is 3.65. The molecule has 14 heteroatoms. The number of carbonyl (C=O) groups is 1. The van der Waals surface area contributed by atoms with Gasteiger partial charge in [-0.2, -0.15) is 17.6 Å². The van der Waals surface area contributed by atoms with Crippen LogP contribution in [0.2, 0.25) is 0 Å². The maximum absolute atomic E-state index is 14.5. The first kappa shape index (κ1) is 27.0. The first-order valence-electron chi connectivity index (χ1n) is 11.2. The Labute approximate surface area is 210 Å². The highest BCUT2D eigenvalue weighted by Gasteiger charge is 2.67. The first-order chi connectivity index (χ1) is 17.3. The van der Waals surface area contributed by atoms with E-state index in [2.05, 4.69) is 10.3 Å². The second-order valence-electron chi connectivity index (χ2n) is 8.98. The van der Waals surface area contributed by atoms with Crippen LogP contribution in [-0.2, 0) is 19.3 Å². The zero-order valence-corrected chi connectivity index (χ0v) is 20.9. The minimum atomic E-state index is -4.93. The van der Waals surface area contributed by atoms with Gasteiger partial charge >= 0.3 is 6.18 Å². The molecule has 2 aliphatic rings. The topological polar surface area (TPSA) is 105 Å². The van der Waals surface area contributed by atoms with Crippen LogP contribution in [0.3, 0.4) is 0 Å². The predicted octanol–water partition coefficient (Wildman–Crippen LogP) is 4.49. The van der Waals surface area contributed by atoms with Crippen LogP contribution >= 0.6 is 0 Å². The Bertz CT molecular complexity index is 1320. The second-order valence-corrected chi connectivity index (χ2v) is 11.3. The minimum absolute atomic E-state index is 0.0479. The lowest BCUT2D eigenvalue weighted by Crippen LogP contribution is -2.55. The fourth-order valence-electron chi connectivity index (χ4n) is 4.74. The van der Waals surface area contributed by atoms with Crippen LogP contribution in [0.5, 0.6) is 5.75 Å². The number of rotatable bonds is 7. The van der Waals surface area contributed by atoms with Crippen LogP contribution in [0.1, 0.15) is 26.2 Å². The maximum Gasteiger partial charge on any atom is 0.419 e. The number of alkyl halides is 3. The molecule has 1 aromatic heterocycles. The molecule has 0 spiro atoms. The number of hydrogen-bond donors (Lipinski definition) is 2. The number of benzene rings is 1. The Balaban J connectivity index is 1.75. The number of aromatic nitrogens is 1. The molecule has 202 valence electrons. The lowest BCUT2D eigenvalue weighted by Gasteiger charge is -2.37. The summed E-state index contributed by atoms with van der Waals surface area (Å²) in [5, 5.41) is 2.10. The van der Waals surface area contributed by atoms with Gasteiger partial charge in [-0.25, -0.2) is 18.4 Å². The van der Waals surface area contributed by atoms with Gasteiger partial charge in [0.15, 0.2) is 17.2 Å². The van der Waals surface area contributed by atoms with Gasteiger partial charge in [-0.3, -0.25) is 4.79 Å². The molecule has 1 saturated heterocycles. The van der Waals surface area contributed by atoms with Crippen molar-refractivity contribution in [3.8, 4) is 5.75 Å². The lowest BCUT2D eigenvalue weighted by atomic mass is 9.92. The van der Waals surface area contributed by atoms with Gasteiger partial charge in [-0.15, -0.1) is 0 Å². The largest absolute Gasteiger partial charge is 0.491 e.